The summed E-state index contributed by atoms with van der Waals surface area (Å²) in [4.78, 5) is 31.1. The fourth-order valence-electron chi connectivity index (χ4n) is 4.24. The van der Waals surface area contributed by atoms with Crippen LogP contribution in [0.4, 0.5) is 29.7 Å². The lowest BCUT2D eigenvalue weighted by Gasteiger charge is -2.31. The minimum absolute atomic E-state index is 0.00492. The predicted octanol–water partition coefficient (Wildman–Crippen LogP) is 4.53. The van der Waals surface area contributed by atoms with E-state index in [-0.39, 0.29) is 35.1 Å². The van der Waals surface area contributed by atoms with Gasteiger partial charge in [0.25, 0.3) is 5.91 Å². The zero-order chi connectivity index (χ0) is 29.9. The van der Waals surface area contributed by atoms with E-state index in [1.807, 2.05) is 4.90 Å². The fourth-order valence-corrected chi connectivity index (χ4v) is 5.03. The van der Waals surface area contributed by atoms with Crippen LogP contribution in [0.15, 0.2) is 42.7 Å². The maximum absolute atomic E-state index is 13.9. The minimum atomic E-state index is -4.68. The van der Waals surface area contributed by atoms with E-state index in [0.29, 0.717) is 21.3 Å². The lowest BCUT2D eigenvalue weighted by molar-refractivity contribution is -0.138. The first kappa shape index (κ1) is 29.8. The number of alkyl halides is 3. The summed E-state index contributed by atoms with van der Waals surface area (Å²) in [6, 6.07) is 7.10. The molecule has 0 unspecified atom stereocenters. The highest BCUT2D eigenvalue weighted by molar-refractivity contribution is 7.16. The summed E-state index contributed by atoms with van der Waals surface area (Å²) in [5.41, 5.74) is 7.14. The molecule has 41 heavy (non-hydrogen) atoms. The second kappa shape index (κ2) is 12.2. The Morgan fingerprint density at radius 3 is 2.56 bits per heavy atom. The normalized spacial score (nSPS) is 13.9. The van der Waals surface area contributed by atoms with Crippen molar-refractivity contribution in [3.63, 3.8) is 0 Å². The van der Waals surface area contributed by atoms with E-state index in [9.17, 15) is 22.8 Å². The Bertz CT molecular complexity index is 1490. The van der Waals surface area contributed by atoms with Crippen molar-refractivity contribution < 1.29 is 27.5 Å². The summed E-state index contributed by atoms with van der Waals surface area (Å²) in [6.45, 7) is 4.97. The SMILES string of the molecule is COc1c(CN2CCC2)cc(NC(=O)c2ccc(C)c(N(N)/C=C(\N)c3cnc(NC(C)=O)s3)c2)cc1C(F)(F)F. The maximum Gasteiger partial charge on any atom is 0.420 e. The van der Waals surface area contributed by atoms with Crippen LogP contribution >= 0.6 is 11.3 Å². The highest BCUT2D eigenvalue weighted by Gasteiger charge is 2.36. The van der Waals surface area contributed by atoms with Crippen LogP contribution in [-0.4, -0.2) is 41.9 Å². The molecule has 0 bridgehead atoms. The molecule has 1 aromatic heterocycles. The van der Waals surface area contributed by atoms with Crippen molar-refractivity contribution in [1.82, 2.24) is 9.88 Å². The number of rotatable bonds is 9. The van der Waals surface area contributed by atoms with Crippen LogP contribution in [0.1, 0.15) is 45.3 Å². The van der Waals surface area contributed by atoms with Crippen LogP contribution in [0.5, 0.6) is 5.75 Å². The van der Waals surface area contributed by atoms with Gasteiger partial charge in [0.2, 0.25) is 5.91 Å². The van der Waals surface area contributed by atoms with Gasteiger partial charge in [-0.2, -0.15) is 13.2 Å². The first-order valence-corrected chi connectivity index (χ1v) is 13.3. The number of ether oxygens (including phenoxy) is 1. The molecule has 0 radical (unpaired) electrons. The summed E-state index contributed by atoms with van der Waals surface area (Å²) < 4.78 is 46.8. The third-order valence-electron chi connectivity index (χ3n) is 6.38. The zero-order valence-corrected chi connectivity index (χ0v) is 23.4. The number of benzene rings is 2. The maximum atomic E-state index is 13.9. The van der Waals surface area contributed by atoms with E-state index in [0.717, 1.165) is 42.5 Å². The van der Waals surface area contributed by atoms with Crippen LogP contribution in [0, 0.1) is 6.92 Å². The molecular weight excluding hydrogens is 559 g/mol. The van der Waals surface area contributed by atoms with Gasteiger partial charge in [0, 0.05) is 42.7 Å². The number of carbonyl (C=O) groups excluding carboxylic acids is 2. The molecule has 10 nitrogen and oxygen atoms in total. The number of methoxy groups -OCH3 is 1. The second-order valence-electron chi connectivity index (χ2n) is 9.50. The number of thiazole rings is 1. The number of hydrogen-bond donors (Lipinski definition) is 4. The summed E-state index contributed by atoms with van der Waals surface area (Å²) in [7, 11) is 1.20. The number of hydrogen-bond acceptors (Lipinski definition) is 9. The van der Waals surface area contributed by atoms with Crippen LogP contribution in [-0.2, 0) is 17.5 Å². The first-order chi connectivity index (χ1) is 19.3. The molecule has 1 aliphatic rings. The van der Waals surface area contributed by atoms with Gasteiger partial charge in [-0.05, 0) is 56.3 Å². The number of nitrogens with one attached hydrogen (secondary N) is 2. The van der Waals surface area contributed by atoms with Crippen LogP contribution in [0.2, 0.25) is 0 Å². The van der Waals surface area contributed by atoms with E-state index >= 15 is 0 Å². The Labute approximate surface area is 238 Å². The molecule has 3 aromatic rings. The van der Waals surface area contributed by atoms with Crippen molar-refractivity contribution in [2.24, 2.45) is 11.6 Å². The van der Waals surface area contributed by atoms with Gasteiger partial charge in [-0.25, -0.2) is 10.8 Å². The summed E-state index contributed by atoms with van der Waals surface area (Å²) in [5, 5.41) is 6.78. The van der Waals surface area contributed by atoms with Crippen molar-refractivity contribution in [3.05, 3.63) is 69.9 Å². The molecule has 6 N–H and O–H groups in total. The second-order valence-corrected chi connectivity index (χ2v) is 10.5. The highest BCUT2D eigenvalue weighted by Crippen LogP contribution is 2.41. The standard InChI is InChI=1S/C27H30F3N7O3S/c1-15-5-6-17(10-22(15)37(32)14-21(31)23-12-33-26(41-23)34-16(2)38)25(39)35-19-9-18(13-36-7-4-8-36)24(40-3)20(11-19)27(28,29)30/h5-6,9-12,14H,4,7-8,13,31-32H2,1-3H3,(H,35,39)(H,33,34,38)/b21-14-. The van der Waals surface area contributed by atoms with E-state index in [2.05, 4.69) is 15.6 Å². The van der Waals surface area contributed by atoms with E-state index in [4.69, 9.17) is 16.3 Å². The average molecular weight is 590 g/mol. The molecule has 1 saturated heterocycles. The number of carbonyl (C=O) groups is 2. The van der Waals surface area contributed by atoms with E-state index in [1.54, 1.807) is 19.1 Å². The molecular formula is C27H30F3N7O3S. The van der Waals surface area contributed by atoms with Crippen molar-refractivity contribution in [1.29, 1.82) is 0 Å². The lowest BCUT2D eigenvalue weighted by Crippen LogP contribution is -2.36. The Morgan fingerprint density at radius 2 is 1.95 bits per heavy atom. The van der Waals surface area contributed by atoms with Crippen LogP contribution < -0.4 is 32.0 Å². The smallest absolute Gasteiger partial charge is 0.420 e. The van der Waals surface area contributed by atoms with Gasteiger partial charge in [0.1, 0.15) is 5.75 Å². The number of anilines is 3. The highest BCUT2D eigenvalue weighted by atomic mass is 32.1. The van der Waals surface area contributed by atoms with E-state index < -0.39 is 17.6 Å². The average Bonchev–Trinajstić information content (AvgIpc) is 3.33. The van der Waals surface area contributed by atoms with Crippen molar-refractivity contribution in [3.8, 4) is 5.75 Å². The summed E-state index contributed by atoms with van der Waals surface area (Å²) in [5.74, 6) is 5.10. The van der Waals surface area contributed by atoms with Crippen molar-refractivity contribution in [2.75, 3.05) is 35.8 Å². The molecule has 0 atom stereocenters. The monoisotopic (exact) mass is 589 g/mol. The molecule has 0 spiro atoms. The molecule has 4 rings (SSSR count). The number of nitrogens with two attached hydrogens (primary N) is 2. The molecule has 2 amide bonds. The van der Waals surface area contributed by atoms with E-state index in [1.165, 1.54) is 43.6 Å². The minimum Gasteiger partial charge on any atom is -0.496 e. The van der Waals surface area contributed by atoms with Gasteiger partial charge >= 0.3 is 6.18 Å². The number of amides is 2. The van der Waals surface area contributed by atoms with Gasteiger partial charge in [-0.15, -0.1) is 0 Å². The largest absolute Gasteiger partial charge is 0.496 e. The molecule has 0 aliphatic carbocycles. The molecule has 0 saturated carbocycles. The number of halogens is 3. The zero-order valence-electron chi connectivity index (χ0n) is 22.6. The summed E-state index contributed by atoms with van der Waals surface area (Å²) >= 11 is 1.16. The first-order valence-electron chi connectivity index (χ1n) is 12.5. The summed E-state index contributed by atoms with van der Waals surface area (Å²) in [6.07, 6.45) is -0.773. The van der Waals surface area contributed by atoms with Crippen molar-refractivity contribution >= 4 is 45.4 Å². The molecule has 1 aliphatic heterocycles. The van der Waals surface area contributed by atoms with Gasteiger partial charge in [0.05, 0.1) is 28.9 Å². The van der Waals surface area contributed by atoms with Gasteiger partial charge in [0.15, 0.2) is 5.13 Å². The van der Waals surface area contributed by atoms with Crippen LogP contribution in [0.3, 0.4) is 0 Å². The van der Waals surface area contributed by atoms with Crippen LogP contribution in [0.25, 0.3) is 5.70 Å². The number of aryl methyl sites for hydroxylation is 1. The number of aromatic nitrogens is 1. The van der Waals surface area contributed by atoms with Crippen molar-refractivity contribution in [2.45, 2.75) is 33.0 Å². The molecule has 2 aromatic carbocycles. The Hall–Kier alpha value is -4.14. The molecule has 218 valence electrons. The third-order valence-corrected chi connectivity index (χ3v) is 7.34. The number of likely N-dealkylation sites (tertiary alicyclic amines) is 1. The topological polar surface area (TPSA) is 139 Å². The quantitative estimate of drug-likeness (QED) is 0.211. The third kappa shape index (κ3) is 7.14. The predicted molar refractivity (Wildman–Crippen MR) is 152 cm³/mol. The van der Waals surface area contributed by atoms with Gasteiger partial charge < -0.3 is 21.1 Å². The van der Waals surface area contributed by atoms with Gasteiger partial charge in [-0.1, -0.05) is 17.4 Å². The Balaban J connectivity index is 1.58. The van der Waals surface area contributed by atoms with Gasteiger partial charge in [-0.3, -0.25) is 19.5 Å². The fraction of sp³-hybridized carbons (Fsp3) is 0.296. The lowest BCUT2D eigenvalue weighted by atomic mass is 10.0. The molecule has 2 heterocycles. The number of nitrogens with zero attached hydrogens (tertiary/aromatic N) is 3. The number of hydrazine groups is 1. The molecule has 1 fully saturated rings. The Morgan fingerprint density at radius 1 is 1.22 bits per heavy atom. The Kier molecular flexibility index (Phi) is 8.85. The molecule has 14 heteroatoms.